The van der Waals surface area contributed by atoms with Gasteiger partial charge in [-0.3, -0.25) is 9.59 Å². The normalized spacial score (nSPS) is 12.6. The van der Waals surface area contributed by atoms with Gasteiger partial charge in [0.2, 0.25) is 5.78 Å². The largest absolute Gasteiger partial charge is 0.508 e. The van der Waals surface area contributed by atoms with E-state index in [0.717, 1.165) is 0 Å². The lowest BCUT2D eigenvalue weighted by Gasteiger charge is -2.20. The van der Waals surface area contributed by atoms with E-state index < -0.39 is 11.6 Å². The van der Waals surface area contributed by atoms with Gasteiger partial charge in [0.15, 0.2) is 5.78 Å². The Labute approximate surface area is 153 Å². The molecule has 27 heavy (non-hydrogen) atoms. The van der Waals surface area contributed by atoms with Crippen molar-refractivity contribution in [2.45, 2.75) is 6.42 Å². The number of benzene rings is 3. The SMILES string of the molecule is O=C1c2cccc(O)c2C(=O)c2c1ccc(Cc1ccc(O)cc1O)c2O. The topological polar surface area (TPSA) is 115 Å². The van der Waals surface area contributed by atoms with Gasteiger partial charge < -0.3 is 20.4 Å². The maximum absolute atomic E-state index is 12.9. The van der Waals surface area contributed by atoms with Crippen molar-refractivity contribution in [1.82, 2.24) is 0 Å². The molecule has 3 aromatic rings. The van der Waals surface area contributed by atoms with Crippen LogP contribution in [-0.2, 0) is 6.42 Å². The van der Waals surface area contributed by atoms with Crippen molar-refractivity contribution >= 4 is 11.6 Å². The first-order valence-electron chi connectivity index (χ1n) is 8.15. The number of carbonyl (C=O) groups excluding carboxylic acids is 2. The number of fused-ring (bicyclic) bond motifs is 2. The van der Waals surface area contributed by atoms with Crippen LogP contribution >= 0.6 is 0 Å². The summed E-state index contributed by atoms with van der Waals surface area (Å²) >= 11 is 0. The van der Waals surface area contributed by atoms with Gasteiger partial charge in [0.1, 0.15) is 23.0 Å². The Bertz CT molecular complexity index is 1130. The Balaban J connectivity index is 1.84. The number of phenols is 4. The molecule has 0 radical (unpaired) electrons. The fourth-order valence-corrected chi connectivity index (χ4v) is 3.34. The van der Waals surface area contributed by atoms with Gasteiger partial charge in [-0.15, -0.1) is 0 Å². The van der Waals surface area contributed by atoms with Crippen LogP contribution < -0.4 is 0 Å². The Hall–Kier alpha value is -3.80. The second-order valence-corrected chi connectivity index (χ2v) is 6.34. The number of hydrogen-bond donors (Lipinski definition) is 4. The lowest BCUT2D eigenvalue weighted by Crippen LogP contribution is -2.21. The maximum atomic E-state index is 12.9. The van der Waals surface area contributed by atoms with Gasteiger partial charge in [-0.2, -0.15) is 0 Å². The van der Waals surface area contributed by atoms with E-state index in [1.165, 1.54) is 48.5 Å². The molecule has 4 N–H and O–H groups in total. The zero-order valence-corrected chi connectivity index (χ0v) is 13.9. The van der Waals surface area contributed by atoms with Gasteiger partial charge in [0.25, 0.3) is 0 Å². The first-order chi connectivity index (χ1) is 12.9. The fraction of sp³-hybridized carbons (Fsp3) is 0.0476. The van der Waals surface area contributed by atoms with Crippen LogP contribution in [0.1, 0.15) is 43.0 Å². The van der Waals surface area contributed by atoms with Gasteiger partial charge in [-0.05, 0) is 29.3 Å². The summed E-state index contributed by atoms with van der Waals surface area (Å²) in [6.07, 6.45) is 0.0837. The summed E-state index contributed by atoms with van der Waals surface area (Å²) in [4.78, 5) is 25.5. The third kappa shape index (κ3) is 2.50. The van der Waals surface area contributed by atoms with E-state index in [2.05, 4.69) is 0 Å². The van der Waals surface area contributed by atoms with Crippen molar-refractivity contribution < 1.29 is 30.0 Å². The zero-order valence-electron chi connectivity index (χ0n) is 13.9. The molecule has 0 aromatic heterocycles. The lowest BCUT2D eigenvalue weighted by atomic mass is 9.81. The van der Waals surface area contributed by atoms with E-state index in [4.69, 9.17) is 0 Å². The Kier molecular flexibility index (Phi) is 3.63. The highest BCUT2D eigenvalue weighted by Crippen LogP contribution is 2.39. The molecule has 0 saturated heterocycles. The van der Waals surface area contributed by atoms with Gasteiger partial charge in [-0.25, -0.2) is 0 Å². The molecule has 0 unspecified atom stereocenters. The van der Waals surface area contributed by atoms with Crippen LogP contribution in [0.4, 0.5) is 0 Å². The monoisotopic (exact) mass is 362 g/mol. The highest BCUT2D eigenvalue weighted by Gasteiger charge is 2.34. The molecule has 6 nitrogen and oxygen atoms in total. The number of phenolic OH excluding ortho intramolecular Hbond substituents is 4. The predicted molar refractivity (Wildman–Crippen MR) is 95.7 cm³/mol. The number of aromatic hydroxyl groups is 4. The van der Waals surface area contributed by atoms with Gasteiger partial charge in [0.05, 0.1) is 11.1 Å². The van der Waals surface area contributed by atoms with Crippen LogP contribution in [-0.4, -0.2) is 32.0 Å². The maximum Gasteiger partial charge on any atom is 0.201 e. The highest BCUT2D eigenvalue weighted by atomic mass is 16.3. The summed E-state index contributed by atoms with van der Waals surface area (Å²) in [6, 6.07) is 11.3. The molecule has 0 aliphatic heterocycles. The molecule has 6 heteroatoms. The van der Waals surface area contributed by atoms with E-state index in [9.17, 15) is 30.0 Å². The number of hydrogen-bond acceptors (Lipinski definition) is 6. The second kappa shape index (κ2) is 5.88. The van der Waals surface area contributed by atoms with Gasteiger partial charge >= 0.3 is 0 Å². The van der Waals surface area contributed by atoms with Crippen molar-refractivity contribution in [2.75, 3.05) is 0 Å². The van der Waals surface area contributed by atoms with Crippen molar-refractivity contribution in [3.63, 3.8) is 0 Å². The Morgan fingerprint density at radius 1 is 0.667 bits per heavy atom. The van der Waals surface area contributed by atoms with Crippen LogP contribution in [0.25, 0.3) is 0 Å². The van der Waals surface area contributed by atoms with Crippen molar-refractivity contribution in [3.05, 3.63) is 81.9 Å². The first kappa shape index (κ1) is 16.7. The van der Waals surface area contributed by atoms with E-state index in [1.54, 1.807) is 0 Å². The minimum Gasteiger partial charge on any atom is -0.508 e. The summed E-state index contributed by atoms with van der Waals surface area (Å²) in [5.41, 5.74) is 0.625. The van der Waals surface area contributed by atoms with Crippen molar-refractivity contribution in [1.29, 1.82) is 0 Å². The van der Waals surface area contributed by atoms with Crippen molar-refractivity contribution in [2.24, 2.45) is 0 Å². The van der Waals surface area contributed by atoms with Crippen LogP contribution in [0.5, 0.6) is 23.0 Å². The Morgan fingerprint density at radius 3 is 2.11 bits per heavy atom. The molecule has 0 amide bonds. The van der Waals surface area contributed by atoms with Crippen LogP contribution in [0.3, 0.4) is 0 Å². The van der Waals surface area contributed by atoms with Gasteiger partial charge in [0, 0.05) is 23.6 Å². The zero-order chi connectivity index (χ0) is 19.3. The molecule has 0 bridgehead atoms. The standard InChI is InChI=1S/C21H14O6/c22-12-6-4-10(16(24)9-12)8-11-5-7-14-18(19(11)25)21(27)17-13(20(14)26)2-1-3-15(17)23/h1-7,9,22-25H,8H2. The fourth-order valence-electron chi connectivity index (χ4n) is 3.34. The predicted octanol–water partition coefficient (Wildman–Crippen LogP) is 2.88. The minimum absolute atomic E-state index is 0.0641. The van der Waals surface area contributed by atoms with Crippen LogP contribution in [0.15, 0.2) is 48.5 Å². The molecule has 0 heterocycles. The van der Waals surface area contributed by atoms with E-state index in [-0.39, 0.29) is 51.7 Å². The Morgan fingerprint density at radius 2 is 1.37 bits per heavy atom. The molecule has 3 aromatic carbocycles. The molecule has 1 aliphatic rings. The van der Waals surface area contributed by atoms with Crippen LogP contribution in [0, 0.1) is 0 Å². The molecular formula is C21H14O6. The highest BCUT2D eigenvalue weighted by molar-refractivity contribution is 6.30. The van der Waals surface area contributed by atoms with Gasteiger partial charge in [-0.1, -0.05) is 24.3 Å². The summed E-state index contributed by atoms with van der Waals surface area (Å²) in [5, 5.41) is 40.0. The summed E-state index contributed by atoms with van der Waals surface area (Å²) in [7, 11) is 0. The van der Waals surface area contributed by atoms with E-state index in [1.807, 2.05) is 0 Å². The average molecular weight is 362 g/mol. The number of carbonyl (C=O) groups is 2. The molecule has 4 rings (SSSR count). The summed E-state index contributed by atoms with van der Waals surface area (Å²) < 4.78 is 0. The third-order valence-corrected chi connectivity index (χ3v) is 4.70. The first-order valence-corrected chi connectivity index (χ1v) is 8.15. The quantitative estimate of drug-likeness (QED) is 0.436. The number of ketones is 2. The minimum atomic E-state index is -0.632. The molecular weight excluding hydrogens is 348 g/mol. The average Bonchev–Trinajstić information content (AvgIpc) is 2.63. The number of rotatable bonds is 2. The third-order valence-electron chi connectivity index (χ3n) is 4.70. The lowest BCUT2D eigenvalue weighted by molar-refractivity contribution is 0.0974. The molecule has 0 atom stereocenters. The summed E-state index contributed by atoms with van der Waals surface area (Å²) in [5.74, 6) is -2.03. The van der Waals surface area contributed by atoms with E-state index in [0.29, 0.717) is 11.1 Å². The molecule has 0 spiro atoms. The van der Waals surface area contributed by atoms with Crippen LogP contribution in [0.2, 0.25) is 0 Å². The van der Waals surface area contributed by atoms with E-state index >= 15 is 0 Å². The second-order valence-electron chi connectivity index (χ2n) is 6.34. The molecule has 1 aliphatic carbocycles. The molecule has 0 saturated carbocycles. The molecule has 0 fully saturated rings. The smallest absolute Gasteiger partial charge is 0.201 e. The summed E-state index contributed by atoms with van der Waals surface area (Å²) in [6.45, 7) is 0. The molecule has 134 valence electrons. The van der Waals surface area contributed by atoms with Crippen molar-refractivity contribution in [3.8, 4) is 23.0 Å².